The smallest absolute Gasteiger partial charge is 0.150 e. The minimum absolute atomic E-state index is 0.317. The van der Waals surface area contributed by atoms with E-state index >= 15 is 0 Å². The molecule has 0 fully saturated rings. The lowest BCUT2D eigenvalue weighted by Crippen LogP contribution is -2.20. The highest BCUT2D eigenvalue weighted by Gasteiger charge is 2.23. The zero-order valence-corrected chi connectivity index (χ0v) is 12.9. The van der Waals surface area contributed by atoms with Crippen LogP contribution >= 0.6 is 15.9 Å². The normalized spacial score (nSPS) is 14.0. The molecule has 21 heavy (non-hydrogen) atoms. The molecule has 0 saturated carbocycles. The molecule has 0 unspecified atom stereocenters. The molecule has 0 radical (unpaired) electrons. The zero-order valence-electron chi connectivity index (χ0n) is 11.3. The minimum Gasteiger partial charge on any atom is -0.311 e. The number of rotatable bonds is 1. The van der Waals surface area contributed by atoms with Crippen molar-refractivity contribution in [3.63, 3.8) is 0 Å². The summed E-state index contributed by atoms with van der Waals surface area (Å²) >= 11 is 3.43. The molecule has 1 aliphatic heterocycles. The maximum Gasteiger partial charge on any atom is 0.150 e. The molecular weight excluding hydrogens is 336 g/mol. The van der Waals surface area contributed by atoms with Crippen LogP contribution in [0.25, 0.3) is 5.57 Å². The molecule has 2 aromatic rings. The van der Waals surface area contributed by atoms with E-state index in [-0.39, 0.29) is 0 Å². The first-order chi connectivity index (χ1) is 9.97. The van der Waals surface area contributed by atoms with Gasteiger partial charge in [0.05, 0.1) is 11.4 Å². The fraction of sp³-hybridized carbons (Fsp3) is 0.0588. The Morgan fingerprint density at radius 1 is 1.05 bits per heavy atom. The summed E-state index contributed by atoms with van der Waals surface area (Å²) < 4.78 is 28.2. The summed E-state index contributed by atoms with van der Waals surface area (Å²) in [5, 5.41) is 0. The minimum atomic E-state index is -0.596. The maximum atomic E-state index is 14.2. The van der Waals surface area contributed by atoms with Gasteiger partial charge in [0.1, 0.15) is 11.6 Å². The molecule has 1 nitrogen and oxygen atoms in total. The molecule has 3 rings (SSSR count). The molecule has 2 aromatic carbocycles. The van der Waals surface area contributed by atoms with Gasteiger partial charge in [0.15, 0.2) is 0 Å². The number of allylic oxidation sites excluding steroid dienone is 3. The van der Waals surface area contributed by atoms with E-state index in [9.17, 15) is 8.78 Å². The first-order valence-corrected chi connectivity index (χ1v) is 7.19. The van der Waals surface area contributed by atoms with Crippen LogP contribution in [0.2, 0.25) is 0 Å². The van der Waals surface area contributed by atoms with Gasteiger partial charge in [0.25, 0.3) is 0 Å². The average molecular weight is 348 g/mol. The van der Waals surface area contributed by atoms with Crippen LogP contribution in [-0.4, -0.2) is 0 Å². The third-order valence-electron chi connectivity index (χ3n) is 3.43. The molecular formula is C17H12BrF2N. The Morgan fingerprint density at radius 3 is 2.52 bits per heavy atom. The van der Waals surface area contributed by atoms with Crippen molar-refractivity contribution in [3.05, 3.63) is 76.4 Å². The van der Waals surface area contributed by atoms with Crippen LogP contribution in [0.15, 0.2) is 59.2 Å². The number of halogens is 3. The first-order valence-electron chi connectivity index (χ1n) is 6.39. The van der Waals surface area contributed by atoms with Crippen LogP contribution < -0.4 is 4.90 Å². The molecule has 0 spiro atoms. The summed E-state index contributed by atoms with van der Waals surface area (Å²) in [5.74, 6) is -1.19. The van der Waals surface area contributed by atoms with Crippen LogP contribution in [0, 0.1) is 11.6 Å². The molecule has 0 saturated heterocycles. The number of nitrogens with zero attached hydrogens (tertiary/aromatic N) is 1. The first kappa shape index (κ1) is 14.0. The molecule has 0 amide bonds. The summed E-state index contributed by atoms with van der Waals surface area (Å²) in [4.78, 5) is 1.77. The van der Waals surface area contributed by atoms with Gasteiger partial charge in [-0.15, -0.1) is 0 Å². The molecule has 1 heterocycles. The van der Waals surface area contributed by atoms with E-state index in [1.165, 1.54) is 12.1 Å². The van der Waals surface area contributed by atoms with Crippen molar-refractivity contribution in [1.29, 1.82) is 0 Å². The molecule has 4 heteroatoms. The standard InChI is InChI=1S/C17H12BrF2N/c1-10-7-11(2)21(16-6-4-13(19)9-15(16)20)17-8-12(18)3-5-14(10)17/h3-9H,1H2,2H3. The van der Waals surface area contributed by atoms with E-state index in [4.69, 9.17) is 0 Å². The van der Waals surface area contributed by atoms with Gasteiger partial charge >= 0.3 is 0 Å². The van der Waals surface area contributed by atoms with Crippen LogP contribution in [0.1, 0.15) is 12.5 Å². The van der Waals surface area contributed by atoms with E-state index in [0.29, 0.717) is 5.69 Å². The lowest BCUT2D eigenvalue weighted by Gasteiger charge is -2.32. The molecule has 0 aliphatic carbocycles. The van der Waals surface area contributed by atoms with Crippen molar-refractivity contribution in [2.45, 2.75) is 6.92 Å². The van der Waals surface area contributed by atoms with Crippen LogP contribution in [0.5, 0.6) is 0 Å². The van der Waals surface area contributed by atoms with Gasteiger partial charge in [0.2, 0.25) is 0 Å². The molecule has 1 aliphatic rings. The molecule has 0 aromatic heterocycles. The molecule has 0 N–H and O–H groups in total. The van der Waals surface area contributed by atoms with Gasteiger partial charge in [-0.25, -0.2) is 8.78 Å². The number of fused-ring (bicyclic) bond motifs is 1. The van der Waals surface area contributed by atoms with Gasteiger partial charge in [-0.2, -0.15) is 0 Å². The van der Waals surface area contributed by atoms with Crippen molar-refractivity contribution in [2.75, 3.05) is 4.90 Å². The number of benzene rings is 2. The number of anilines is 2. The van der Waals surface area contributed by atoms with Gasteiger partial charge in [-0.05, 0) is 42.8 Å². The summed E-state index contributed by atoms with van der Waals surface area (Å²) in [7, 11) is 0. The second-order valence-corrected chi connectivity index (χ2v) is 5.82. The predicted octanol–water partition coefficient (Wildman–Crippen LogP) is 5.80. The van der Waals surface area contributed by atoms with Crippen LogP contribution in [-0.2, 0) is 0 Å². The van der Waals surface area contributed by atoms with Gasteiger partial charge in [-0.3, -0.25) is 0 Å². The third kappa shape index (κ3) is 2.40. The van der Waals surface area contributed by atoms with E-state index in [0.717, 1.165) is 33.1 Å². The highest BCUT2D eigenvalue weighted by molar-refractivity contribution is 9.10. The van der Waals surface area contributed by atoms with Gasteiger partial charge < -0.3 is 4.90 Å². The third-order valence-corrected chi connectivity index (χ3v) is 3.93. The lowest BCUT2D eigenvalue weighted by molar-refractivity contribution is 0.583. The Morgan fingerprint density at radius 2 is 1.81 bits per heavy atom. The average Bonchev–Trinajstić information content (AvgIpc) is 2.40. The van der Waals surface area contributed by atoms with Crippen molar-refractivity contribution in [2.24, 2.45) is 0 Å². The van der Waals surface area contributed by atoms with Crippen molar-refractivity contribution >= 4 is 32.9 Å². The monoisotopic (exact) mass is 347 g/mol. The topological polar surface area (TPSA) is 3.24 Å². The largest absolute Gasteiger partial charge is 0.311 e. The molecule has 106 valence electrons. The summed E-state index contributed by atoms with van der Waals surface area (Å²) in [6.07, 6.45) is 1.89. The van der Waals surface area contributed by atoms with Crippen LogP contribution in [0.4, 0.5) is 20.2 Å². The highest BCUT2D eigenvalue weighted by atomic mass is 79.9. The summed E-state index contributed by atoms with van der Waals surface area (Å²) in [5.41, 5.74) is 3.76. The Labute approximate surface area is 130 Å². The summed E-state index contributed by atoms with van der Waals surface area (Å²) in [6.45, 7) is 5.90. The Kier molecular flexibility index (Phi) is 3.41. The van der Waals surface area contributed by atoms with Crippen molar-refractivity contribution < 1.29 is 8.78 Å². The predicted molar refractivity (Wildman–Crippen MR) is 85.4 cm³/mol. The van der Waals surface area contributed by atoms with Gasteiger partial charge in [0, 0.05) is 21.8 Å². The van der Waals surface area contributed by atoms with Crippen molar-refractivity contribution in [1.82, 2.24) is 0 Å². The highest BCUT2D eigenvalue weighted by Crippen LogP contribution is 2.42. The SMILES string of the molecule is C=C1C=C(C)N(c2ccc(F)cc2F)c2cc(Br)ccc21. The van der Waals surface area contributed by atoms with E-state index < -0.39 is 11.6 Å². The van der Waals surface area contributed by atoms with Gasteiger partial charge in [-0.1, -0.05) is 28.6 Å². The quantitative estimate of drug-likeness (QED) is 0.630. The summed E-state index contributed by atoms with van der Waals surface area (Å²) in [6, 6.07) is 9.34. The maximum absolute atomic E-state index is 14.2. The fourth-order valence-electron chi connectivity index (χ4n) is 2.53. The number of hydrogen-bond acceptors (Lipinski definition) is 1. The second kappa shape index (κ2) is 5.11. The van der Waals surface area contributed by atoms with E-state index in [2.05, 4.69) is 22.5 Å². The Balaban J connectivity index is 2.24. The Hall–Kier alpha value is -1.94. The Bertz CT molecular complexity index is 780. The van der Waals surface area contributed by atoms with Crippen LogP contribution in [0.3, 0.4) is 0 Å². The second-order valence-electron chi connectivity index (χ2n) is 4.90. The number of hydrogen-bond donors (Lipinski definition) is 0. The zero-order chi connectivity index (χ0) is 15.1. The molecule has 0 atom stereocenters. The van der Waals surface area contributed by atoms with E-state index in [1.54, 1.807) is 4.90 Å². The fourth-order valence-corrected chi connectivity index (χ4v) is 2.88. The lowest BCUT2D eigenvalue weighted by atomic mass is 9.98. The van der Waals surface area contributed by atoms with E-state index in [1.807, 2.05) is 31.2 Å². The molecule has 0 bridgehead atoms. The van der Waals surface area contributed by atoms with Crippen molar-refractivity contribution in [3.8, 4) is 0 Å².